The molecule has 0 spiro atoms. The molecular weight excluding hydrogens is 212 g/mol. The summed E-state index contributed by atoms with van der Waals surface area (Å²) >= 11 is 0. The third-order valence-electron chi connectivity index (χ3n) is 3.20. The number of likely N-dealkylation sites (N-methyl/N-ethyl adjacent to an activating group) is 1. The Hall–Kier alpha value is -0.870. The second-order valence-corrected chi connectivity index (χ2v) is 4.44. The van der Waals surface area contributed by atoms with E-state index in [1.54, 1.807) is 0 Å². The lowest BCUT2D eigenvalue weighted by Crippen LogP contribution is -2.39. The van der Waals surface area contributed by atoms with Crippen molar-refractivity contribution in [3.8, 4) is 0 Å². The molecule has 0 amide bonds. The maximum Gasteiger partial charge on any atom is 0.0948 e. The summed E-state index contributed by atoms with van der Waals surface area (Å²) in [5.74, 6) is 0. The first-order chi connectivity index (χ1) is 8.21. The van der Waals surface area contributed by atoms with Crippen LogP contribution >= 0.6 is 0 Å². The summed E-state index contributed by atoms with van der Waals surface area (Å²) in [4.78, 5) is 6.62. The first-order valence-corrected chi connectivity index (χ1v) is 6.65. The first-order valence-electron chi connectivity index (χ1n) is 6.65. The first kappa shape index (κ1) is 14.2. The molecule has 0 saturated heterocycles. The van der Waals surface area contributed by atoms with Crippen molar-refractivity contribution in [1.29, 1.82) is 0 Å². The van der Waals surface area contributed by atoms with Crippen molar-refractivity contribution in [2.24, 2.45) is 0 Å². The van der Waals surface area contributed by atoms with Gasteiger partial charge in [0.1, 0.15) is 0 Å². The fourth-order valence-corrected chi connectivity index (χ4v) is 1.99. The van der Waals surface area contributed by atoms with Gasteiger partial charge in [-0.05, 0) is 26.9 Å². The summed E-state index contributed by atoms with van der Waals surface area (Å²) in [5, 5.41) is 3.56. The van der Waals surface area contributed by atoms with Gasteiger partial charge in [-0.15, -0.1) is 0 Å². The van der Waals surface area contributed by atoms with Crippen LogP contribution in [0.1, 0.15) is 33.4 Å². The van der Waals surface area contributed by atoms with Crippen molar-refractivity contribution in [2.45, 2.75) is 46.8 Å². The Kier molecular flexibility index (Phi) is 6.22. The van der Waals surface area contributed by atoms with Gasteiger partial charge in [-0.3, -0.25) is 0 Å². The van der Waals surface area contributed by atoms with Crippen LogP contribution in [0.4, 0.5) is 0 Å². The van der Waals surface area contributed by atoms with Crippen LogP contribution in [0.15, 0.2) is 12.5 Å². The lowest BCUT2D eigenvalue weighted by Gasteiger charge is -2.23. The molecule has 0 saturated carbocycles. The van der Waals surface area contributed by atoms with Gasteiger partial charge in [0.2, 0.25) is 0 Å². The minimum absolute atomic E-state index is 0.509. The van der Waals surface area contributed by atoms with Crippen molar-refractivity contribution < 1.29 is 0 Å². The zero-order valence-corrected chi connectivity index (χ0v) is 11.6. The van der Waals surface area contributed by atoms with E-state index in [1.165, 1.54) is 5.69 Å². The third kappa shape index (κ3) is 4.48. The molecule has 4 nitrogen and oxygen atoms in total. The molecule has 1 unspecified atom stereocenters. The van der Waals surface area contributed by atoms with Crippen molar-refractivity contribution in [1.82, 2.24) is 19.8 Å². The SMILES string of the molecule is CCN(CC)CC(C)NCc1cncn1CC. The van der Waals surface area contributed by atoms with Crippen LogP contribution in [0.3, 0.4) is 0 Å². The maximum absolute atomic E-state index is 4.18. The van der Waals surface area contributed by atoms with E-state index in [0.29, 0.717) is 6.04 Å². The summed E-state index contributed by atoms with van der Waals surface area (Å²) in [6.07, 6.45) is 3.84. The number of hydrogen-bond acceptors (Lipinski definition) is 3. The van der Waals surface area contributed by atoms with Gasteiger partial charge in [0.25, 0.3) is 0 Å². The highest BCUT2D eigenvalue weighted by atomic mass is 15.1. The maximum atomic E-state index is 4.18. The van der Waals surface area contributed by atoms with Gasteiger partial charge in [0.15, 0.2) is 0 Å². The number of hydrogen-bond donors (Lipinski definition) is 1. The normalized spacial score (nSPS) is 13.2. The minimum atomic E-state index is 0.509. The monoisotopic (exact) mass is 238 g/mol. The van der Waals surface area contributed by atoms with Crippen LogP contribution in [0.5, 0.6) is 0 Å². The molecule has 0 aliphatic rings. The zero-order chi connectivity index (χ0) is 12.7. The van der Waals surface area contributed by atoms with Gasteiger partial charge in [0, 0.05) is 31.9 Å². The van der Waals surface area contributed by atoms with Gasteiger partial charge < -0.3 is 14.8 Å². The van der Waals surface area contributed by atoms with E-state index in [0.717, 1.165) is 32.7 Å². The molecule has 1 aromatic heterocycles. The molecule has 4 heteroatoms. The second-order valence-electron chi connectivity index (χ2n) is 4.44. The number of imidazole rings is 1. The number of nitrogens with one attached hydrogen (secondary N) is 1. The van der Waals surface area contributed by atoms with E-state index in [9.17, 15) is 0 Å². The van der Waals surface area contributed by atoms with Gasteiger partial charge >= 0.3 is 0 Å². The molecule has 0 aliphatic carbocycles. The molecule has 1 N–H and O–H groups in total. The highest BCUT2D eigenvalue weighted by molar-refractivity contribution is 4.98. The lowest BCUT2D eigenvalue weighted by atomic mass is 10.3. The largest absolute Gasteiger partial charge is 0.334 e. The summed E-state index contributed by atoms with van der Waals surface area (Å²) in [7, 11) is 0. The quantitative estimate of drug-likeness (QED) is 0.748. The molecule has 1 aromatic rings. The number of nitrogens with zero attached hydrogens (tertiary/aromatic N) is 3. The minimum Gasteiger partial charge on any atom is -0.334 e. The van der Waals surface area contributed by atoms with E-state index >= 15 is 0 Å². The van der Waals surface area contributed by atoms with Crippen molar-refractivity contribution >= 4 is 0 Å². The van der Waals surface area contributed by atoms with Gasteiger partial charge in [-0.25, -0.2) is 4.98 Å². The predicted molar refractivity (Wildman–Crippen MR) is 72.0 cm³/mol. The fourth-order valence-electron chi connectivity index (χ4n) is 1.99. The zero-order valence-electron chi connectivity index (χ0n) is 11.6. The molecule has 0 aromatic carbocycles. The Morgan fingerprint density at radius 1 is 1.35 bits per heavy atom. The average Bonchev–Trinajstić information content (AvgIpc) is 2.80. The van der Waals surface area contributed by atoms with Gasteiger partial charge in [-0.2, -0.15) is 0 Å². The lowest BCUT2D eigenvalue weighted by molar-refractivity contribution is 0.270. The van der Waals surface area contributed by atoms with E-state index in [-0.39, 0.29) is 0 Å². The van der Waals surface area contributed by atoms with Crippen molar-refractivity contribution in [3.63, 3.8) is 0 Å². The molecule has 0 bridgehead atoms. The van der Waals surface area contributed by atoms with E-state index < -0.39 is 0 Å². The Morgan fingerprint density at radius 2 is 2.06 bits per heavy atom. The van der Waals surface area contributed by atoms with Crippen LogP contribution in [-0.2, 0) is 13.1 Å². The van der Waals surface area contributed by atoms with Gasteiger partial charge in [0.05, 0.1) is 12.0 Å². The number of rotatable bonds is 8. The standard InChI is InChI=1S/C13H26N4/c1-5-16(6-2)10-12(4)15-9-13-8-14-11-17(13)7-3/h8,11-12,15H,5-7,9-10H2,1-4H3. The number of aryl methyl sites for hydroxylation is 1. The van der Waals surface area contributed by atoms with E-state index in [1.807, 2.05) is 12.5 Å². The van der Waals surface area contributed by atoms with Crippen LogP contribution in [0.25, 0.3) is 0 Å². The molecule has 1 heterocycles. The Morgan fingerprint density at radius 3 is 2.65 bits per heavy atom. The summed E-state index contributed by atoms with van der Waals surface area (Å²) in [6.45, 7) is 14.0. The Bertz CT molecular complexity index is 304. The molecule has 1 rings (SSSR count). The van der Waals surface area contributed by atoms with Crippen molar-refractivity contribution in [2.75, 3.05) is 19.6 Å². The second kappa shape index (κ2) is 7.45. The highest BCUT2D eigenvalue weighted by Gasteiger charge is 2.07. The molecular formula is C13H26N4. The van der Waals surface area contributed by atoms with Gasteiger partial charge in [-0.1, -0.05) is 13.8 Å². The molecule has 0 aliphatic heterocycles. The summed E-state index contributed by atoms with van der Waals surface area (Å²) in [5.41, 5.74) is 1.26. The smallest absolute Gasteiger partial charge is 0.0948 e. The highest BCUT2D eigenvalue weighted by Crippen LogP contribution is 2.00. The fraction of sp³-hybridized carbons (Fsp3) is 0.769. The van der Waals surface area contributed by atoms with Crippen LogP contribution in [0, 0.1) is 0 Å². The molecule has 0 radical (unpaired) electrons. The van der Waals surface area contributed by atoms with E-state index in [4.69, 9.17) is 0 Å². The Labute approximate surface area is 105 Å². The molecule has 17 heavy (non-hydrogen) atoms. The summed E-state index contributed by atoms with van der Waals surface area (Å²) in [6, 6.07) is 0.509. The third-order valence-corrected chi connectivity index (χ3v) is 3.20. The topological polar surface area (TPSA) is 33.1 Å². The van der Waals surface area contributed by atoms with Crippen LogP contribution in [0.2, 0.25) is 0 Å². The van der Waals surface area contributed by atoms with Crippen LogP contribution < -0.4 is 5.32 Å². The van der Waals surface area contributed by atoms with Crippen molar-refractivity contribution in [3.05, 3.63) is 18.2 Å². The Balaban J connectivity index is 2.35. The summed E-state index contributed by atoms with van der Waals surface area (Å²) < 4.78 is 2.18. The predicted octanol–water partition coefficient (Wildman–Crippen LogP) is 1.72. The average molecular weight is 238 g/mol. The molecule has 1 atom stereocenters. The van der Waals surface area contributed by atoms with Crippen LogP contribution in [-0.4, -0.2) is 40.1 Å². The van der Waals surface area contributed by atoms with E-state index in [2.05, 4.69) is 47.5 Å². The molecule has 98 valence electrons. The molecule has 0 fully saturated rings. The number of aromatic nitrogens is 2.